The van der Waals surface area contributed by atoms with Crippen molar-refractivity contribution < 1.29 is 14.3 Å². The second kappa shape index (κ2) is 7.34. The van der Waals surface area contributed by atoms with Crippen LogP contribution in [0, 0.1) is 0 Å². The smallest absolute Gasteiger partial charge is 0.256 e. The van der Waals surface area contributed by atoms with Gasteiger partial charge < -0.3 is 10.1 Å². The normalized spacial score (nSPS) is 22.4. The standard InChI is InChI=1S/C19H25ClN2O3/c1-13(2)21-17(23)16-12-25-19(9-4-3-5-10-19)22(16)18(24)14-7-6-8-15(20)11-14/h6-8,11,13,16H,3-5,9-10,12H2,1-2H3,(H,21,23)/t16-/m0/s1. The molecule has 2 aliphatic rings. The molecule has 2 amide bonds. The number of halogens is 1. The number of benzene rings is 1. The summed E-state index contributed by atoms with van der Waals surface area (Å²) < 4.78 is 6.09. The van der Waals surface area contributed by atoms with Gasteiger partial charge in [0.05, 0.1) is 6.61 Å². The third-order valence-corrected chi connectivity index (χ3v) is 5.15. The van der Waals surface area contributed by atoms with Crippen molar-refractivity contribution in [3.8, 4) is 0 Å². The Kier molecular flexibility index (Phi) is 5.35. The number of amides is 2. The van der Waals surface area contributed by atoms with Crippen LogP contribution in [0.25, 0.3) is 0 Å². The molecule has 0 radical (unpaired) electrons. The average Bonchev–Trinajstić information content (AvgIpc) is 2.93. The van der Waals surface area contributed by atoms with Crippen molar-refractivity contribution in [1.82, 2.24) is 10.2 Å². The zero-order chi connectivity index (χ0) is 18.0. The maximum absolute atomic E-state index is 13.3. The molecule has 0 bridgehead atoms. The van der Waals surface area contributed by atoms with Crippen molar-refractivity contribution in [2.75, 3.05) is 6.61 Å². The summed E-state index contributed by atoms with van der Waals surface area (Å²) in [5, 5.41) is 3.42. The molecule has 136 valence electrons. The second-order valence-electron chi connectivity index (χ2n) is 7.18. The molecule has 1 saturated carbocycles. The highest BCUT2D eigenvalue weighted by molar-refractivity contribution is 6.31. The summed E-state index contributed by atoms with van der Waals surface area (Å²) in [6, 6.07) is 6.28. The van der Waals surface area contributed by atoms with Crippen LogP contribution in [-0.2, 0) is 9.53 Å². The zero-order valence-corrected chi connectivity index (χ0v) is 15.5. The molecule has 1 aliphatic heterocycles. The van der Waals surface area contributed by atoms with E-state index in [-0.39, 0.29) is 24.5 Å². The number of nitrogens with one attached hydrogen (secondary N) is 1. The number of carbonyl (C=O) groups excluding carboxylic acids is 2. The minimum Gasteiger partial charge on any atom is -0.353 e. The first kappa shape index (κ1) is 18.2. The SMILES string of the molecule is CC(C)NC(=O)[C@@H]1COC2(CCCCC2)N1C(=O)c1cccc(Cl)c1. The van der Waals surface area contributed by atoms with Crippen molar-refractivity contribution in [3.63, 3.8) is 0 Å². The lowest BCUT2D eigenvalue weighted by Crippen LogP contribution is -2.57. The first-order chi connectivity index (χ1) is 11.9. The van der Waals surface area contributed by atoms with Gasteiger partial charge in [0.25, 0.3) is 5.91 Å². The first-order valence-electron chi connectivity index (χ1n) is 8.96. The summed E-state index contributed by atoms with van der Waals surface area (Å²) in [4.78, 5) is 27.6. The van der Waals surface area contributed by atoms with E-state index in [0.717, 1.165) is 32.1 Å². The lowest BCUT2D eigenvalue weighted by Gasteiger charge is -2.41. The monoisotopic (exact) mass is 364 g/mol. The highest BCUT2D eigenvalue weighted by Crippen LogP contribution is 2.41. The largest absolute Gasteiger partial charge is 0.353 e. The van der Waals surface area contributed by atoms with Crippen LogP contribution in [0.4, 0.5) is 0 Å². The van der Waals surface area contributed by atoms with Crippen molar-refractivity contribution in [3.05, 3.63) is 34.9 Å². The summed E-state index contributed by atoms with van der Waals surface area (Å²) in [5.74, 6) is -0.348. The average molecular weight is 365 g/mol. The van der Waals surface area contributed by atoms with Gasteiger partial charge in [0.15, 0.2) is 0 Å². The predicted octanol–water partition coefficient (Wildman–Crippen LogP) is 3.37. The molecule has 1 atom stereocenters. The Bertz CT molecular complexity index is 656. The summed E-state index contributed by atoms with van der Waals surface area (Å²) >= 11 is 6.06. The maximum Gasteiger partial charge on any atom is 0.256 e. The molecule has 1 saturated heterocycles. The fourth-order valence-electron chi connectivity index (χ4n) is 3.81. The van der Waals surface area contributed by atoms with Gasteiger partial charge in [0.1, 0.15) is 11.8 Å². The predicted molar refractivity (Wildman–Crippen MR) is 96.5 cm³/mol. The van der Waals surface area contributed by atoms with E-state index >= 15 is 0 Å². The van der Waals surface area contributed by atoms with Crippen LogP contribution < -0.4 is 5.32 Å². The Morgan fingerprint density at radius 2 is 2.00 bits per heavy atom. The van der Waals surface area contributed by atoms with Crippen LogP contribution in [0.1, 0.15) is 56.3 Å². The van der Waals surface area contributed by atoms with Crippen molar-refractivity contribution in [1.29, 1.82) is 0 Å². The Labute approximate surface area is 153 Å². The van der Waals surface area contributed by atoms with E-state index < -0.39 is 11.8 Å². The van der Waals surface area contributed by atoms with Gasteiger partial charge in [-0.2, -0.15) is 0 Å². The summed E-state index contributed by atoms with van der Waals surface area (Å²) in [6.45, 7) is 4.06. The fraction of sp³-hybridized carbons (Fsp3) is 0.579. The first-order valence-corrected chi connectivity index (χ1v) is 9.34. The Hall–Kier alpha value is -1.59. The summed E-state index contributed by atoms with van der Waals surface area (Å²) in [6.07, 6.45) is 4.67. The summed E-state index contributed by atoms with van der Waals surface area (Å²) in [5.41, 5.74) is -0.179. The molecule has 0 unspecified atom stereocenters. The highest BCUT2D eigenvalue weighted by Gasteiger charge is 2.52. The molecule has 1 heterocycles. The van der Waals surface area contributed by atoms with Gasteiger partial charge in [-0.25, -0.2) is 0 Å². The Morgan fingerprint density at radius 1 is 1.28 bits per heavy atom. The molecule has 6 heteroatoms. The number of ether oxygens (including phenoxy) is 1. The number of nitrogens with zero attached hydrogens (tertiary/aromatic N) is 1. The van der Waals surface area contributed by atoms with E-state index in [1.807, 2.05) is 13.8 Å². The molecule has 5 nitrogen and oxygen atoms in total. The van der Waals surface area contributed by atoms with Gasteiger partial charge in [0.2, 0.25) is 5.91 Å². The summed E-state index contributed by atoms with van der Waals surface area (Å²) in [7, 11) is 0. The highest BCUT2D eigenvalue weighted by atomic mass is 35.5. The van der Waals surface area contributed by atoms with E-state index in [1.54, 1.807) is 29.2 Å². The number of hydrogen-bond acceptors (Lipinski definition) is 3. The van der Waals surface area contributed by atoms with Crippen molar-refractivity contribution in [2.45, 2.75) is 63.8 Å². The fourth-order valence-corrected chi connectivity index (χ4v) is 4.00. The topological polar surface area (TPSA) is 58.6 Å². The van der Waals surface area contributed by atoms with Crippen LogP contribution in [0.15, 0.2) is 24.3 Å². The quantitative estimate of drug-likeness (QED) is 0.894. The Balaban J connectivity index is 1.94. The molecule has 0 aromatic heterocycles. The van der Waals surface area contributed by atoms with Gasteiger partial charge in [-0.15, -0.1) is 0 Å². The van der Waals surface area contributed by atoms with E-state index in [9.17, 15) is 9.59 Å². The lowest BCUT2D eigenvalue weighted by molar-refractivity contribution is -0.127. The molecule has 2 fully saturated rings. The number of carbonyl (C=O) groups is 2. The van der Waals surface area contributed by atoms with Gasteiger partial charge in [0, 0.05) is 16.6 Å². The van der Waals surface area contributed by atoms with Gasteiger partial charge in [-0.1, -0.05) is 24.1 Å². The van der Waals surface area contributed by atoms with E-state index in [4.69, 9.17) is 16.3 Å². The minimum atomic E-state index is -0.670. The Morgan fingerprint density at radius 3 is 2.64 bits per heavy atom. The van der Waals surface area contributed by atoms with Crippen LogP contribution in [0.2, 0.25) is 5.02 Å². The molecular formula is C19H25ClN2O3. The van der Waals surface area contributed by atoms with Crippen LogP contribution in [0.5, 0.6) is 0 Å². The third kappa shape index (κ3) is 3.67. The van der Waals surface area contributed by atoms with Crippen LogP contribution in [0.3, 0.4) is 0 Å². The van der Waals surface area contributed by atoms with E-state index in [2.05, 4.69) is 5.32 Å². The minimum absolute atomic E-state index is 0.0125. The third-order valence-electron chi connectivity index (χ3n) is 4.92. The molecule has 1 N–H and O–H groups in total. The van der Waals surface area contributed by atoms with E-state index in [1.165, 1.54) is 0 Å². The van der Waals surface area contributed by atoms with Gasteiger partial charge in [-0.3, -0.25) is 14.5 Å². The van der Waals surface area contributed by atoms with Crippen molar-refractivity contribution in [2.24, 2.45) is 0 Å². The second-order valence-corrected chi connectivity index (χ2v) is 7.62. The maximum atomic E-state index is 13.3. The molecule has 1 aromatic rings. The molecule has 3 rings (SSSR count). The number of rotatable bonds is 3. The molecule has 1 aliphatic carbocycles. The van der Waals surface area contributed by atoms with Gasteiger partial charge >= 0.3 is 0 Å². The molecule has 1 spiro atoms. The zero-order valence-electron chi connectivity index (χ0n) is 14.8. The van der Waals surface area contributed by atoms with Crippen molar-refractivity contribution >= 4 is 23.4 Å². The molecule has 25 heavy (non-hydrogen) atoms. The van der Waals surface area contributed by atoms with Crippen LogP contribution >= 0.6 is 11.6 Å². The molecular weight excluding hydrogens is 340 g/mol. The molecule has 1 aromatic carbocycles. The lowest BCUT2D eigenvalue weighted by atomic mass is 9.89. The number of hydrogen-bond donors (Lipinski definition) is 1. The van der Waals surface area contributed by atoms with Crippen LogP contribution in [-0.4, -0.2) is 41.1 Å². The van der Waals surface area contributed by atoms with Gasteiger partial charge in [-0.05, 0) is 57.7 Å². The van der Waals surface area contributed by atoms with E-state index in [0.29, 0.717) is 10.6 Å².